The molecule has 0 amide bonds. The first-order valence-electron chi connectivity index (χ1n) is 6.29. The fourth-order valence-electron chi connectivity index (χ4n) is 2.27. The van der Waals surface area contributed by atoms with Crippen molar-refractivity contribution in [3.8, 4) is 0 Å². The van der Waals surface area contributed by atoms with Crippen LogP contribution in [0.1, 0.15) is 12.0 Å². The Morgan fingerprint density at radius 3 is 2.42 bits per heavy atom. The van der Waals surface area contributed by atoms with Gasteiger partial charge in [0.25, 0.3) is 0 Å². The van der Waals surface area contributed by atoms with Crippen molar-refractivity contribution in [3.05, 3.63) is 42.0 Å². The van der Waals surface area contributed by atoms with Crippen LogP contribution in [0, 0.1) is 0 Å². The Labute approximate surface area is 110 Å². The minimum absolute atomic E-state index is 0.276. The van der Waals surface area contributed by atoms with E-state index in [2.05, 4.69) is 0 Å². The van der Waals surface area contributed by atoms with Gasteiger partial charge in [-0.05, 0) is 17.2 Å². The fraction of sp³-hybridized carbons (Fsp3) is 0.429. The lowest BCUT2D eigenvalue weighted by molar-refractivity contribution is -0.899. The number of hydrogen-bond acceptors (Lipinski definition) is 1. The summed E-state index contributed by atoms with van der Waals surface area (Å²) in [5.41, 5.74) is 2.30. The maximum Gasteiger partial charge on any atom is 0.419 e. The van der Waals surface area contributed by atoms with E-state index in [1.807, 2.05) is 36.4 Å². The minimum atomic E-state index is -4.52. The first kappa shape index (κ1) is 14.1. The molecule has 0 saturated carbocycles. The van der Waals surface area contributed by atoms with E-state index in [4.69, 9.17) is 5.11 Å². The molecule has 19 heavy (non-hydrogen) atoms. The van der Waals surface area contributed by atoms with Crippen LogP contribution in [-0.4, -0.2) is 37.0 Å². The van der Waals surface area contributed by atoms with Gasteiger partial charge in [-0.1, -0.05) is 30.3 Å². The summed E-state index contributed by atoms with van der Waals surface area (Å²) < 4.78 is 36.8. The minimum Gasteiger partial charge on any atom is -0.379 e. The van der Waals surface area contributed by atoms with E-state index >= 15 is 0 Å². The molecule has 0 radical (unpaired) electrons. The molecule has 1 aliphatic heterocycles. The lowest BCUT2D eigenvalue weighted by Gasteiger charge is -2.26. The average Bonchev–Trinajstić information content (AvgIpc) is 2.39. The second-order valence-corrected chi connectivity index (χ2v) is 4.81. The molecule has 1 unspecified atom stereocenters. The van der Waals surface area contributed by atoms with Crippen LogP contribution in [0.5, 0.6) is 0 Å². The molecule has 0 aliphatic carbocycles. The number of halogens is 3. The van der Waals surface area contributed by atoms with Gasteiger partial charge in [-0.15, -0.1) is 0 Å². The third kappa shape index (κ3) is 3.81. The maximum absolute atomic E-state index is 12.3. The summed E-state index contributed by atoms with van der Waals surface area (Å²) in [4.78, 5) is 0.768. The number of aliphatic hydroxyl groups excluding tert-OH is 1. The molecule has 5 heteroatoms. The van der Waals surface area contributed by atoms with Crippen molar-refractivity contribution in [1.82, 2.24) is 0 Å². The van der Waals surface area contributed by atoms with E-state index in [0.717, 1.165) is 16.9 Å². The second kappa shape index (κ2) is 5.75. The summed E-state index contributed by atoms with van der Waals surface area (Å²) in [5, 5.41) is 9.05. The highest BCUT2D eigenvalue weighted by Crippen LogP contribution is 2.20. The molecular weight excluding hydrogens is 255 g/mol. The van der Waals surface area contributed by atoms with E-state index in [-0.39, 0.29) is 6.54 Å². The molecule has 0 aromatic heterocycles. The predicted molar refractivity (Wildman–Crippen MR) is 66.7 cm³/mol. The van der Waals surface area contributed by atoms with Crippen LogP contribution >= 0.6 is 0 Å². The number of quaternary nitrogens is 1. The Bertz CT molecular complexity index is 442. The van der Waals surface area contributed by atoms with E-state index < -0.39 is 12.3 Å². The summed E-state index contributed by atoms with van der Waals surface area (Å²) in [6, 6.07) is 9.83. The second-order valence-electron chi connectivity index (χ2n) is 4.81. The molecule has 0 bridgehead atoms. The standard InChI is InChI=1S/C14H16F3NO/c15-14(16,17)13(19)10-18-8-6-12(7-9-18)11-4-2-1-3-5-11/h1-6,13,19H,7-10H2/p+1/t13-/m0/s1. The molecule has 2 N–H and O–H groups in total. The molecule has 1 aromatic carbocycles. The number of rotatable bonds is 3. The molecule has 2 rings (SSSR count). The van der Waals surface area contributed by atoms with Crippen LogP contribution in [0.2, 0.25) is 0 Å². The Morgan fingerprint density at radius 1 is 1.21 bits per heavy atom. The number of alkyl halides is 3. The zero-order valence-electron chi connectivity index (χ0n) is 10.5. The zero-order chi connectivity index (χ0) is 13.9. The topological polar surface area (TPSA) is 24.7 Å². The summed E-state index contributed by atoms with van der Waals surface area (Å²) in [6.07, 6.45) is -4.04. The monoisotopic (exact) mass is 272 g/mol. The number of benzene rings is 1. The third-order valence-corrected chi connectivity index (χ3v) is 3.39. The van der Waals surface area contributed by atoms with Crippen molar-refractivity contribution in [2.45, 2.75) is 18.7 Å². The summed E-state index contributed by atoms with van der Waals surface area (Å²) in [6.45, 7) is 0.868. The van der Waals surface area contributed by atoms with E-state index in [1.165, 1.54) is 5.57 Å². The highest BCUT2D eigenvalue weighted by molar-refractivity contribution is 5.65. The Hall–Kier alpha value is -1.33. The largest absolute Gasteiger partial charge is 0.419 e. The van der Waals surface area contributed by atoms with E-state index in [1.54, 1.807) is 0 Å². The molecule has 2 nitrogen and oxygen atoms in total. The molecule has 0 saturated heterocycles. The van der Waals surface area contributed by atoms with Gasteiger partial charge in [0.15, 0.2) is 6.10 Å². The van der Waals surface area contributed by atoms with Crippen LogP contribution in [0.25, 0.3) is 5.57 Å². The van der Waals surface area contributed by atoms with Gasteiger partial charge in [0.05, 0.1) is 13.1 Å². The molecule has 1 aliphatic rings. The Balaban J connectivity index is 1.93. The van der Waals surface area contributed by atoms with Gasteiger partial charge in [-0.3, -0.25) is 0 Å². The normalized spacial score (nSPS) is 21.9. The summed E-state index contributed by atoms with van der Waals surface area (Å²) >= 11 is 0. The third-order valence-electron chi connectivity index (χ3n) is 3.39. The molecule has 1 aromatic rings. The number of hydrogen-bond donors (Lipinski definition) is 2. The van der Waals surface area contributed by atoms with Crippen molar-refractivity contribution < 1.29 is 23.2 Å². The first-order chi connectivity index (χ1) is 8.97. The van der Waals surface area contributed by atoms with Crippen LogP contribution < -0.4 is 4.90 Å². The summed E-state index contributed by atoms with van der Waals surface area (Å²) in [7, 11) is 0. The quantitative estimate of drug-likeness (QED) is 0.851. The van der Waals surface area contributed by atoms with Crippen molar-refractivity contribution in [2.75, 3.05) is 19.6 Å². The van der Waals surface area contributed by atoms with Crippen LogP contribution in [0.3, 0.4) is 0 Å². The van der Waals surface area contributed by atoms with Crippen molar-refractivity contribution in [1.29, 1.82) is 0 Å². The number of nitrogens with one attached hydrogen (secondary N) is 1. The van der Waals surface area contributed by atoms with Crippen LogP contribution in [0.4, 0.5) is 13.2 Å². The lowest BCUT2D eigenvalue weighted by Crippen LogP contribution is -3.13. The highest BCUT2D eigenvalue weighted by Gasteiger charge is 2.41. The van der Waals surface area contributed by atoms with Gasteiger partial charge in [0.1, 0.15) is 6.54 Å². The summed E-state index contributed by atoms with van der Waals surface area (Å²) in [5.74, 6) is 0. The maximum atomic E-state index is 12.3. The first-order valence-corrected chi connectivity index (χ1v) is 6.29. The Kier molecular flexibility index (Phi) is 4.27. The highest BCUT2D eigenvalue weighted by atomic mass is 19.4. The van der Waals surface area contributed by atoms with Crippen LogP contribution in [0.15, 0.2) is 36.4 Å². The number of aliphatic hydroxyl groups is 1. The zero-order valence-corrected chi connectivity index (χ0v) is 10.5. The van der Waals surface area contributed by atoms with Gasteiger partial charge in [-0.25, -0.2) is 0 Å². The molecule has 1 heterocycles. The van der Waals surface area contributed by atoms with Gasteiger partial charge in [0, 0.05) is 6.42 Å². The molecule has 104 valence electrons. The van der Waals surface area contributed by atoms with Gasteiger partial charge in [-0.2, -0.15) is 13.2 Å². The van der Waals surface area contributed by atoms with Crippen molar-refractivity contribution in [3.63, 3.8) is 0 Å². The Morgan fingerprint density at radius 2 is 1.89 bits per heavy atom. The smallest absolute Gasteiger partial charge is 0.379 e. The SMILES string of the molecule is O[C@@H](C[NH+]1CC=C(c2ccccc2)CC1)C(F)(F)F. The predicted octanol–water partition coefficient (Wildman–Crippen LogP) is 1.28. The molecule has 0 fully saturated rings. The van der Waals surface area contributed by atoms with Crippen molar-refractivity contribution in [2.24, 2.45) is 0 Å². The van der Waals surface area contributed by atoms with E-state index in [9.17, 15) is 13.2 Å². The van der Waals surface area contributed by atoms with Crippen LogP contribution in [-0.2, 0) is 0 Å². The van der Waals surface area contributed by atoms with Crippen molar-refractivity contribution >= 4 is 5.57 Å². The lowest BCUT2D eigenvalue weighted by atomic mass is 9.99. The van der Waals surface area contributed by atoms with E-state index in [0.29, 0.717) is 13.1 Å². The molecular formula is C14H17F3NO+. The van der Waals surface area contributed by atoms with Gasteiger partial charge in [0.2, 0.25) is 0 Å². The van der Waals surface area contributed by atoms with Gasteiger partial charge < -0.3 is 10.0 Å². The molecule has 0 spiro atoms. The fourth-order valence-corrected chi connectivity index (χ4v) is 2.27. The van der Waals surface area contributed by atoms with Gasteiger partial charge >= 0.3 is 6.18 Å². The average molecular weight is 272 g/mol. The molecule has 2 atom stereocenters.